The van der Waals surface area contributed by atoms with Crippen molar-refractivity contribution in [2.45, 2.75) is 0 Å². The molecule has 2 nitrogen and oxygen atoms in total. The fraction of sp³-hybridized carbons (Fsp3) is 0. The molecule has 296 valence electrons. The second-order valence-corrected chi connectivity index (χ2v) is 20.2. The van der Waals surface area contributed by atoms with Crippen LogP contribution in [-0.4, -0.2) is 17.2 Å². The third-order valence-electron chi connectivity index (χ3n) is 13.1. The molecule has 12 rings (SSSR count). The van der Waals surface area contributed by atoms with Gasteiger partial charge >= 0.3 is 0 Å². The number of rotatable bonds is 8. The molecule has 0 fully saturated rings. The van der Waals surface area contributed by atoms with Gasteiger partial charge in [0.05, 0.1) is 33.4 Å². The highest BCUT2D eigenvalue weighted by atomic mass is 28.3. The number of hydrogen-bond donors (Lipinski definition) is 0. The molecule has 3 heteroatoms. The fourth-order valence-corrected chi connectivity index (χ4v) is 15.1. The average Bonchev–Trinajstić information content (AvgIpc) is 3.88. The van der Waals surface area contributed by atoms with Gasteiger partial charge in [0.1, 0.15) is 0 Å². The molecule has 2 heterocycles. The van der Waals surface area contributed by atoms with Crippen molar-refractivity contribution in [1.82, 2.24) is 9.13 Å². The lowest BCUT2D eigenvalue weighted by Crippen LogP contribution is -2.74. The molecule has 0 aliphatic carbocycles. The lowest BCUT2D eigenvalue weighted by molar-refractivity contribution is 1.13. The molecule has 12 aromatic rings. The Morgan fingerprint density at radius 1 is 0.254 bits per heavy atom. The molecule has 0 saturated heterocycles. The summed E-state index contributed by atoms with van der Waals surface area (Å²) in [5.41, 5.74) is 11.8. The van der Waals surface area contributed by atoms with Gasteiger partial charge in [-0.3, -0.25) is 0 Å². The lowest BCUT2D eigenvalue weighted by atomic mass is 10.0. The summed E-state index contributed by atoms with van der Waals surface area (Å²) in [6, 6.07) is 94.3. The van der Waals surface area contributed by atoms with Crippen LogP contribution in [-0.2, 0) is 0 Å². The largest absolute Gasteiger partial charge is 0.307 e. The maximum atomic E-state index is 2.54. The van der Waals surface area contributed by atoms with Gasteiger partial charge in [-0.15, -0.1) is 0 Å². The van der Waals surface area contributed by atoms with Crippen molar-refractivity contribution < 1.29 is 0 Å². The summed E-state index contributed by atoms with van der Waals surface area (Å²) >= 11 is 0. The normalized spacial score (nSPS) is 11.8. The van der Waals surface area contributed by atoms with Crippen LogP contribution in [0.2, 0.25) is 0 Å². The highest BCUT2D eigenvalue weighted by Crippen LogP contribution is 2.42. The Kier molecular flexibility index (Phi) is 8.87. The van der Waals surface area contributed by atoms with Crippen LogP contribution in [0.1, 0.15) is 0 Å². The summed E-state index contributed by atoms with van der Waals surface area (Å²) in [4.78, 5) is 0. The first-order valence-electron chi connectivity index (χ1n) is 21.8. The van der Waals surface area contributed by atoms with Crippen molar-refractivity contribution in [2.75, 3.05) is 0 Å². The van der Waals surface area contributed by atoms with E-state index >= 15 is 0 Å². The third-order valence-corrected chi connectivity index (χ3v) is 17.8. The van der Waals surface area contributed by atoms with Crippen molar-refractivity contribution in [3.8, 4) is 33.6 Å². The predicted molar refractivity (Wildman–Crippen MR) is 270 cm³/mol. The Bertz CT molecular complexity index is 3500. The van der Waals surface area contributed by atoms with Crippen LogP contribution in [0.15, 0.2) is 255 Å². The molecular formula is C60H42N2Si. The van der Waals surface area contributed by atoms with E-state index in [1.807, 2.05) is 0 Å². The third kappa shape index (κ3) is 5.85. The summed E-state index contributed by atoms with van der Waals surface area (Å²) in [5, 5.41) is 10.4. The smallest absolute Gasteiger partial charge is 0.179 e. The molecule has 0 aliphatic heterocycles. The molecule has 0 unspecified atom stereocenters. The Morgan fingerprint density at radius 2 is 0.730 bits per heavy atom. The van der Waals surface area contributed by atoms with Crippen LogP contribution < -0.4 is 20.7 Å². The predicted octanol–water partition coefficient (Wildman–Crippen LogP) is 12.6. The van der Waals surface area contributed by atoms with Crippen LogP contribution in [0.3, 0.4) is 0 Å². The number of hydrogen-bond acceptors (Lipinski definition) is 0. The standard InChI is InChI=1S/C60H42N2Si/c1-6-21-43(22-7-1)45-37-39-57-53(41-45)54-42-49(63(46-25-10-3-11-26-46,47-27-12-4-13-28-47)48-29-14-5-15-30-48)38-40-58(54)61(57)59-36-20-33-52-51-32-17-19-35-56(51)62(60(52)59)55-34-18-16-31-50(55)44-23-8-2-9-24-44/h1-42H. The molecule has 10 aromatic carbocycles. The summed E-state index contributed by atoms with van der Waals surface area (Å²) in [7, 11) is -2.82. The minimum absolute atomic E-state index is 1.14. The van der Waals surface area contributed by atoms with Gasteiger partial charge in [0.15, 0.2) is 8.07 Å². The first-order valence-corrected chi connectivity index (χ1v) is 23.8. The van der Waals surface area contributed by atoms with E-state index in [-0.39, 0.29) is 0 Å². The molecule has 0 atom stereocenters. The van der Waals surface area contributed by atoms with Gasteiger partial charge in [-0.05, 0) is 73.8 Å². The maximum Gasteiger partial charge on any atom is 0.179 e. The van der Waals surface area contributed by atoms with Crippen molar-refractivity contribution in [2.24, 2.45) is 0 Å². The van der Waals surface area contributed by atoms with Crippen molar-refractivity contribution in [3.63, 3.8) is 0 Å². The second-order valence-electron chi connectivity index (χ2n) is 16.4. The molecule has 0 spiro atoms. The zero-order valence-electron chi connectivity index (χ0n) is 34.6. The van der Waals surface area contributed by atoms with Gasteiger partial charge < -0.3 is 9.13 Å². The van der Waals surface area contributed by atoms with E-state index in [0.29, 0.717) is 0 Å². The molecule has 0 amide bonds. The molecule has 0 radical (unpaired) electrons. The van der Waals surface area contributed by atoms with E-state index in [1.54, 1.807) is 0 Å². The van der Waals surface area contributed by atoms with Gasteiger partial charge in [0, 0.05) is 27.1 Å². The lowest BCUT2D eigenvalue weighted by Gasteiger charge is -2.34. The zero-order chi connectivity index (χ0) is 41.7. The Morgan fingerprint density at radius 3 is 1.38 bits per heavy atom. The quantitative estimate of drug-likeness (QED) is 0.107. The van der Waals surface area contributed by atoms with Crippen molar-refractivity contribution in [3.05, 3.63) is 255 Å². The number of benzene rings is 10. The molecule has 0 bridgehead atoms. The molecular weight excluding hydrogens is 777 g/mol. The molecule has 0 N–H and O–H groups in total. The van der Waals surface area contributed by atoms with Crippen LogP contribution in [0, 0.1) is 0 Å². The number of nitrogens with zero attached hydrogens (tertiary/aromatic N) is 2. The molecule has 0 aliphatic rings. The summed E-state index contributed by atoms with van der Waals surface area (Å²) in [6.45, 7) is 0. The van der Waals surface area contributed by atoms with Gasteiger partial charge in [0.2, 0.25) is 0 Å². The minimum atomic E-state index is -2.82. The minimum Gasteiger partial charge on any atom is -0.307 e. The SMILES string of the molecule is c1ccc(-c2ccc3c(c2)c2cc([Si](c4ccccc4)(c4ccccc4)c4ccccc4)ccc2n3-c2cccc3c4ccccc4n(-c4ccccc4-c4ccccc4)c23)cc1. The van der Waals surface area contributed by atoms with Gasteiger partial charge in [-0.2, -0.15) is 0 Å². The maximum absolute atomic E-state index is 2.82. The molecule has 0 saturated carbocycles. The van der Waals surface area contributed by atoms with E-state index in [9.17, 15) is 0 Å². The highest BCUT2D eigenvalue weighted by molar-refractivity contribution is 7.20. The van der Waals surface area contributed by atoms with Crippen LogP contribution >= 0.6 is 0 Å². The molecule has 63 heavy (non-hydrogen) atoms. The van der Waals surface area contributed by atoms with Crippen LogP contribution in [0.25, 0.3) is 77.2 Å². The van der Waals surface area contributed by atoms with Gasteiger partial charge in [-0.1, -0.05) is 218 Å². The van der Waals surface area contributed by atoms with Crippen LogP contribution in [0.5, 0.6) is 0 Å². The molecule has 2 aromatic heterocycles. The average molecular weight is 819 g/mol. The van der Waals surface area contributed by atoms with Crippen LogP contribution in [0.4, 0.5) is 0 Å². The van der Waals surface area contributed by atoms with Gasteiger partial charge in [0.25, 0.3) is 0 Å². The summed E-state index contributed by atoms with van der Waals surface area (Å²) in [5.74, 6) is 0. The Labute approximate surface area is 368 Å². The summed E-state index contributed by atoms with van der Waals surface area (Å²) < 4.78 is 5.04. The monoisotopic (exact) mass is 818 g/mol. The Balaban J connectivity index is 1.21. The topological polar surface area (TPSA) is 9.86 Å². The fourth-order valence-electron chi connectivity index (χ4n) is 10.4. The van der Waals surface area contributed by atoms with E-state index in [2.05, 4.69) is 264 Å². The zero-order valence-corrected chi connectivity index (χ0v) is 35.6. The van der Waals surface area contributed by atoms with E-state index in [1.165, 1.54) is 86.6 Å². The van der Waals surface area contributed by atoms with E-state index in [4.69, 9.17) is 0 Å². The van der Waals surface area contributed by atoms with Gasteiger partial charge in [-0.25, -0.2) is 0 Å². The van der Waals surface area contributed by atoms with Crippen molar-refractivity contribution >= 4 is 72.4 Å². The number of para-hydroxylation sites is 3. The van der Waals surface area contributed by atoms with E-state index in [0.717, 1.165) is 11.4 Å². The Hall–Kier alpha value is -7.98. The second kappa shape index (κ2) is 15.2. The first kappa shape index (κ1) is 36.8. The van der Waals surface area contributed by atoms with E-state index < -0.39 is 8.07 Å². The number of aromatic nitrogens is 2. The highest BCUT2D eigenvalue weighted by Gasteiger charge is 2.41. The summed E-state index contributed by atoms with van der Waals surface area (Å²) in [6.07, 6.45) is 0. The first-order chi connectivity index (χ1) is 31.3. The van der Waals surface area contributed by atoms with Crippen molar-refractivity contribution in [1.29, 1.82) is 0 Å². The number of fused-ring (bicyclic) bond motifs is 6.